The van der Waals surface area contributed by atoms with E-state index in [4.69, 9.17) is 0 Å². The smallest absolute Gasteiger partial charge is 0.123 e. The van der Waals surface area contributed by atoms with Crippen molar-refractivity contribution in [2.45, 2.75) is 39.5 Å². The van der Waals surface area contributed by atoms with E-state index in [9.17, 15) is 0 Å². The van der Waals surface area contributed by atoms with Gasteiger partial charge in [-0.1, -0.05) is 33.1 Å². The Labute approximate surface area is 91.2 Å². The summed E-state index contributed by atoms with van der Waals surface area (Å²) in [6, 6.07) is 0. The van der Waals surface area contributed by atoms with Gasteiger partial charge in [-0.25, -0.2) is 0 Å². The van der Waals surface area contributed by atoms with Crippen molar-refractivity contribution in [3.8, 4) is 0 Å². The third-order valence-electron chi connectivity index (χ3n) is 2.56. The third kappa shape index (κ3) is 4.72. The Morgan fingerprint density at radius 2 is 2.40 bits per heavy atom. The fraction of sp³-hybridized carbons (Fsp3) is 0.727. The average Bonchev–Trinajstić information content (AvgIpc) is 2.76. The summed E-state index contributed by atoms with van der Waals surface area (Å²) >= 11 is 0. The quantitative estimate of drug-likeness (QED) is 0.700. The van der Waals surface area contributed by atoms with Crippen molar-refractivity contribution in [2.75, 3.05) is 6.54 Å². The molecule has 84 valence electrons. The van der Waals surface area contributed by atoms with Gasteiger partial charge in [0, 0.05) is 6.54 Å². The fourth-order valence-electron chi connectivity index (χ4n) is 1.49. The molecule has 0 saturated carbocycles. The van der Waals surface area contributed by atoms with Gasteiger partial charge in [0.25, 0.3) is 0 Å². The molecule has 0 aromatic carbocycles. The molecule has 4 nitrogen and oxygen atoms in total. The molecular formula is C11H20N4. The van der Waals surface area contributed by atoms with Crippen LogP contribution in [0.4, 0.5) is 0 Å². The number of H-pyrrole nitrogens is 1. The Hall–Kier alpha value is -1.19. The molecule has 1 aromatic rings. The molecule has 1 heterocycles. The van der Waals surface area contributed by atoms with E-state index < -0.39 is 0 Å². The lowest BCUT2D eigenvalue weighted by atomic mass is 10.00. The summed E-state index contributed by atoms with van der Waals surface area (Å²) in [4.78, 5) is 4.39. The number of rotatable bonds is 7. The second-order valence-electron chi connectivity index (χ2n) is 3.81. The average molecular weight is 208 g/mol. The highest BCUT2D eigenvalue weighted by Gasteiger charge is 2.03. The zero-order valence-corrected chi connectivity index (χ0v) is 9.61. The lowest BCUT2D eigenvalue weighted by molar-refractivity contribution is 0.463. The number of aromatic nitrogens is 3. The molecule has 0 saturated heterocycles. The van der Waals surface area contributed by atoms with Gasteiger partial charge in [0.15, 0.2) is 0 Å². The van der Waals surface area contributed by atoms with Gasteiger partial charge in [0.05, 0.1) is 12.4 Å². The molecule has 1 unspecified atom stereocenters. The topological polar surface area (TPSA) is 53.9 Å². The third-order valence-corrected chi connectivity index (χ3v) is 2.56. The summed E-state index contributed by atoms with van der Waals surface area (Å²) < 4.78 is 0. The first-order valence-electron chi connectivity index (χ1n) is 5.72. The Morgan fingerprint density at radius 3 is 3.00 bits per heavy atom. The van der Waals surface area contributed by atoms with Crippen LogP contribution >= 0.6 is 0 Å². The van der Waals surface area contributed by atoms with E-state index in [2.05, 4.69) is 34.3 Å². The minimum Gasteiger partial charge on any atom is -0.291 e. The van der Waals surface area contributed by atoms with Crippen LogP contribution in [-0.2, 0) is 0 Å². The van der Waals surface area contributed by atoms with Crippen molar-refractivity contribution in [1.82, 2.24) is 15.4 Å². The Balaban J connectivity index is 2.27. The van der Waals surface area contributed by atoms with Gasteiger partial charge in [-0.05, 0) is 12.3 Å². The van der Waals surface area contributed by atoms with Crippen LogP contribution in [0.2, 0.25) is 0 Å². The standard InChI is InChI=1S/C11H20N4/c1-3-5-6-10(4-2)7-12-8-11-9-13-15-14-11/h8-10H,3-7H2,1-2H3,(H,13,14,15). The fourth-order valence-corrected chi connectivity index (χ4v) is 1.49. The van der Waals surface area contributed by atoms with Crippen LogP contribution in [0, 0.1) is 5.92 Å². The first-order valence-corrected chi connectivity index (χ1v) is 5.72. The second kappa shape index (κ2) is 7.15. The van der Waals surface area contributed by atoms with E-state index in [1.165, 1.54) is 25.7 Å². The molecule has 0 aliphatic heterocycles. The number of aliphatic imine (C=N–C) groups is 1. The van der Waals surface area contributed by atoms with Crippen molar-refractivity contribution in [1.29, 1.82) is 0 Å². The Bertz CT molecular complexity index is 266. The molecule has 15 heavy (non-hydrogen) atoms. The summed E-state index contributed by atoms with van der Waals surface area (Å²) in [6.07, 6.45) is 8.52. The van der Waals surface area contributed by atoms with E-state index in [0.29, 0.717) is 5.92 Å². The molecule has 1 rings (SSSR count). The number of nitrogens with zero attached hydrogens (tertiary/aromatic N) is 3. The molecule has 0 spiro atoms. The van der Waals surface area contributed by atoms with Crippen molar-refractivity contribution >= 4 is 6.21 Å². The molecule has 0 bridgehead atoms. The lowest BCUT2D eigenvalue weighted by Gasteiger charge is -2.10. The van der Waals surface area contributed by atoms with E-state index in [1.54, 1.807) is 12.4 Å². The molecule has 0 aliphatic carbocycles. The minimum atomic E-state index is 0.716. The first-order chi connectivity index (χ1) is 7.36. The van der Waals surface area contributed by atoms with Crippen LogP contribution < -0.4 is 0 Å². The van der Waals surface area contributed by atoms with Gasteiger partial charge >= 0.3 is 0 Å². The number of nitrogens with one attached hydrogen (secondary N) is 1. The Kier molecular flexibility index (Phi) is 5.66. The van der Waals surface area contributed by atoms with Crippen LogP contribution in [0.3, 0.4) is 0 Å². The maximum absolute atomic E-state index is 4.39. The Morgan fingerprint density at radius 1 is 1.53 bits per heavy atom. The summed E-state index contributed by atoms with van der Waals surface area (Å²) in [5.74, 6) is 0.716. The zero-order valence-electron chi connectivity index (χ0n) is 9.61. The predicted octanol–water partition coefficient (Wildman–Crippen LogP) is 2.44. The molecule has 0 aliphatic rings. The molecule has 0 fully saturated rings. The van der Waals surface area contributed by atoms with Crippen LogP contribution in [0.25, 0.3) is 0 Å². The summed E-state index contributed by atoms with van der Waals surface area (Å²) in [5.41, 5.74) is 0.806. The monoisotopic (exact) mass is 208 g/mol. The predicted molar refractivity (Wildman–Crippen MR) is 62.1 cm³/mol. The highest BCUT2D eigenvalue weighted by molar-refractivity contribution is 5.75. The number of aromatic amines is 1. The van der Waals surface area contributed by atoms with Crippen molar-refractivity contribution in [2.24, 2.45) is 10.9 Å². The highest BCUT2D eigenvalue weighted by Crippen LogP contribution is 2.12. The van der Waals surface area contributed by atoms with Gasteiger partial charge in [-0.15, -0.1) is 0 Å². The number of hydrogen-bond acceptors (Lipinski definition) is 3. The molecule has 1 atom stereocenters. The van der Waals surface area contributed by atoms with Crippen molar-refractivity contribution in [3.05, 3.63) is 11.9 Å². The SMILES string of the molecule is CCCCC(CC)CN=Cc1cn[nH]n1. The van der Waals surface area contributed by atoms with Crippen LogP contribution in [-0.4, -0.2) is 28.2 Å². The second-order valence-corrected chi connectivity index (χ2v) is 3.81. The number of hydrogen-bond donors (Lipinski definition) is 1. The van der Waals surface area contributed by atoms with Gasteiger partial charge in [-0.2, -0.15) is 15.4 Å². The van der Waals surface area contributed by atoms with Crippen LogP contribution in [0.1, 0.15) is 45.2 Å². The zero-order chi connectivity index (χ0) is 10.9. The van der Waals surface area contributed by atoms with Crippen molar-refractivity contribution < 1.29 is 0 Å². The molecule has 0 amide bonds. The maximum atomic E-state index is 4.39. The normalized spacial score (nSPS) is 13.5. The molecule has 4 heteroatoms. The van der Waals surface area contributed by atoms with Crippen LogP contribution in [0.15, 0.2) is 11.2 Å². The van der Waals surface area contributed by atoms with Gasteiger partial charge in [0.1, 0.15) is 5.69 Å². The van der Waals surface area contributed by atoms with Gasteiger partial charge in [0.2, 0.25) is 0 Å². The summed E-state index contributed by atoms with van der Waals surface area (Å²) in [6.45, 7) is 5.36. The van der Waals surface area contributed by atoms with Crippen molar-refractivity contribution in [3.63, 3.8) is 0 Å². The molecule has 1 N–H and O–H groups in total. The minimum absolute atomic E-state index is 0.716. The van der Waals surface area contributed by atoms with Crippen LogP contribution in [0.5, 0.6) is 0 Å². The molecule has 1 aromatic heterocycles. The molecule has 0 radical (unpaired) electrons. The van der Waals surface area contributed by atoms with Gasteiger partial charge < -0.3 is 0 Å². The number of unbranched alkanes of at least 4 members (excludes halogenated alkanes) is 1. The van der Waals surface area contributed by atoms with E-state index >= 15 is 0 Å². The van der Waals surface area contributed by atoms with E-state index in [-0.39, 0.29) is 0 Å². The summed E-state index contributed by atoms with van der Waals surface area (Å²) in [5, 5.41) is 10.2. The first kappa shape index (κ1) is 11.9. The van der Waals surface area contributed by atoms with E-state index in [1.807, 2.05) is 0 Å². The van der Waals surface area contributed by atoms with Gasteiger partial charge in [-0.3, -0.25) is 4.99 Å². The molecular weight excluding hydrogens is 188 g/mol. The maximum Gasteiger partial charge on any atom is 0.123 e. The lowest BCUT2D eigenvalue weighted by Crippen LogP contribution is -2.03. The highest BCUT2D eigenvalue weighted by atomic mass is 15.3. The van der Waals surface area contributed by atoms with E-state index in [0.717, 1.165) is 12.2 Å². The summed E-state index contributed by atoms with van der Waals surface area (Å²) in [7, 11) is 0. The largest absolute Gasteiger partial charge is 0.291 e.